The van der Waals surface area contributed by atoms with Gasteiger partial charge in [0.2, 0.25) is 0 Å². The van der Waals surface area contributed by atoms with Gasteiger partial charge in [-0.05, 0) is 37.5 Å². The Morgan fingerprint density at radius 2 is 1.56 bits per heavy atom. The van der Waals surface area contributed by atoms with Crippen LogP contribution in [0.15, 0.2) is 29.2 Å². The van der Waals surface area contributed by atoms with Gasteiger partial charge in [0.15, 0.2) is 0 Å². The third kappa shape index (κ3) is 4.26. The Kier molecular flexibility index (Phi) is 5.20. The van der Waals surface area contributed by atoms with Crippen LogP contribution in [0.4, 0.5) is 0 Å². The van der Waals surface area contributed by atoms with Crippen molar-refractivity contribution in [1.29, 1.82) is 0 Å². The molecule has 0 saturated carbocycles. The van der Waals surface area contributed by atoms with Crippen molar-refractivity contribution in [2.24, 2.45) is 5.92 Å². The number of hydrogen-bond acceptors (Lipinski definition) is 3. The van der Waals surface area contributed by atoms with E-state index in [1.54, 1.807) is 12.1 Å². The SMILES string of the molecule is CC(C)O[C@H](c1ccc(S(=O)(=O)Cl)cc1)C(C)C. The number of rotatable bonds is 5. The van der Waals surface area contributed by atoms with Crippen molar-refractivity contribution in [3.05, 3.63) is 29.8 Å². The highest BCUT2D eigenvalue weighted by molar-refractivity contribution is 8.13. The largest absolute Gasteiger partial charge is 0.371 e. The number of benzene rings is 1. The molecule has 0 saturated heterocycles. The molecule has 0 N–H and O–H groups in total. The second-order valence-electron chi connectivity index (χ2n) is 4.86. The van der Waals surface area contributed by atoms with E-state index in [0.29, 0.717) is 5.92 Å². The van der Waals surface area contributed by atoms with Crippen molar-refractivity contribution < 1.29 is 13.2 Å². The summed E-state index contributed by atoms with van der Waals surface area (Å²) >= 11 is 0. The highest BCUT2D eigenvalue weighted by Gasteiger charge is 2.19. The van der Waals surface area contributed by atoms with Crippen LogP contribution in [-0.4, -0.2) is 14.5 Å². The molecule has 0 aliphatic carbocycles. The fraction of sp³-hybridized carbons (Fsp3) is 0.538. The maximum Gasteiger partial charge on any atom is 0.261 e. The van der Waals surface area contributed by atoms with E-state index in [9.17, 15) is 8.42 Å². The van der Waals surface area contributed by atoms with Crippen molar-refractivity contribution in [3.63, 3.8) is 0 Å². The van der Waals surface area contributed by atoms with Crippen LogP contribution in [0, 0.1) is 5.92 Å². The summed E-state index contributed by atoms with van der Waals surface area (Å²) in [4.78, 5) is 0.111. The first-order valence-corrected chi connectivity index (χ1v) is 8.23. The van der Waals surface area contributed by atoms with E-state index in [2.05, 4.69) is 13.8 Å². The monoisotopic (exact) mass is 290 g/mol. The quantitative estimate of drug-likeness (QED) is 0.776. The van der Waals surface area contributed by atoms with Gasteiger partial charge in [0.25, 0.3) is 9.05 Å². The normalized spacial score (nSPS) is 14.2. The highest BCUT2D eigenvalue weighted by Crippen LogP contribution is 2.28. The number of hydrogen-bond donors (Lipinski definition) is 0. The maximum absolute atomic E-state index is 11.2. The van der Waals surface area contributed by atoms with Crippen LogP contribution in [0.3, 0.4) is 0 Å². The van der Waals surface area contributed by atoms with Gasteiger partial charge in [0.1, 0.15) is 0 Å². The highest BCUT2D eigenvalue weighted by atomic mass is 35.7. The molecular formula is C13H19ClO3S. The second-order valence-corrected chi connectivity index (χ2v) is 7.42. The van der Waals surface area contributed by atoms with Gasteiger partial charge < -0.3 is 4.74 Å². The number of halogens is 1. The van der Waals surface area contributed by atoms with Crippen molar-refractivity contribution in [2.45, 2.75) is 44.8 Å². The van der Waals surface area contributed by atoms with Crippen LogP contribution in [0.1, 0.15) is 39.4 Å². The summed E-state index contributed by atoms with van der Waals surface area (Å²) in [7, 11) is 1.62. The molecule has 0 aliphatic rings. The van der Waals surface area contributed by atoms with Gasteiger partial charge in [-0.1, -0.05) is 26.0 Å². The molecule has 102 valence electrons. The zero-order valence-corrected chi connectivity index (χ0v) is 12.6. The zero-order valence-electron chi connectivity index (χ0n) is 11.1. The summed E-state index contributed by atoms with van der Waals surface area (Å²) < 4.78 is 28.2. The lowest BCUT2D eigenvalue weighted by Crippen LogP contribution is -2.15. The van der Waals surface area contributed by atoms with Gasteiger partial charge >= 0.3 is 0 Å². The van der Waals surface area contributed by atoms with Crippen LogP contribution in [0.2, 0.25) is 0 Å². The first-order chi connectivity index (χ1) is 8.21. The van der Waals surface area contributed by atoms with Crippen molar-refractivity contribution in [3.8, 4) is 0 Å². The van der Waals surface area contributed by atoms with E-state index in [4.69, 9.17) is 15.4 Å². The summed E-state index contributed by atoms with van der Waals surface area (Å²) in [5.74, 6) is 0.311. The molecule has 1 aromatic carbocycles. The zero-order chi connectivity index (χ0) is 13.9. The molecule has 0 amide bonds. The summed E-state index contributed by atoms with van der Waals surface area (Å²) in [5, 5.41) is 0. The summed E-state index contributed by atoms with van der Waals surface area (Å²) in [6, 6.07) is 6.53. The summed E-state index contributed by atoms with van der Waals surface area (Å²) in [6.07, 6.45) is 0.0749. The number of ether oxygens (including phenoxy) is 1. The van der Waals surface area contributed by atoms with E-state index in [1.807, 2.05) is 13.8 Å². The first-order valence-electron chi connectivity index (χ1n) is 5.92. The minimum absolute atomic E-state index is 0.0444. The fourth-order valence-electron chi connectivity index (χ4n) is 1.73. The third-order valence-electron chi connectivity index (χ3n) is 2.51. The Labute approximate surface area is 114 Å². The van der Waals surface area contributed by atoms with Gasteiger partial charge in [-0.3, -0.25) is 0 Å². The Balaban J connectivity index is 3.01. The van der Waals surface area contributed by atoms with Crippen molar-refractivity contribution >= 4 is 19.7 Å². The van der Waals surface area contributed by atoms with E-state index in [-0.39, 0.29) is 17.1 Å². The van der Waals surface area contributed by atoms with Gasteiger partial charge in [0.05, 0.1) is 17.1 Å². The van der Waals surface area contributed by atoms with E-state index >= 15 is 0 Å². The topological polar surface area (TPSA) is 43.4 Å². The molecule has 3 nitrogen and oxygen atoms in total. The third-order valence-corrected chi connectivity index (χ3v) is 3.88. The minimum Gasteiger partial charge on any atom is -0.371 e. The minimum atomic E-state index is -3.66. The molecule has 0 unspecified atom stereocenters. The molecule has 1 aromatic rings. The predicted molar refractivity (Wildman–Crippen MR) is 73.3 cm³/mol. The van der Waals surface area contributed by atoms with E-state index in [1.165, 1.54) is 12.1 Å². The van der Waals surface area contributed by atoms with E-state index in [0.717, 1.165) is 5.56 Å². The van der Waals surface area contributed by atoms with Crippen molar-refractivity contribution in [1.82, 2.24) is 0 Å². The molecule has 0 spiro atoms. The van der Waals surface area contributed by atoms with Crippen LogP contribution in [0.25, 0.3) is 0 Å². The smallest absolute Gasteiger partial charge is 0.261 e. The standard InChI is InChI=1S/C13H19ClO3S/c1-9(2)13(17-10(3)4)11-5-7-12(8-6-11)18(14,15)16/h5-10,13H,1-4H3/t13-/m0/s1. The van der Waals surface area contributed by atoms with Gasteiger partial charge in [-0.25, -0.2) is 8.42 Å². The van der Waals surface area contributed by atoms with Gasteiger partial charge in [0, 0.05) is 10.7 Å². The maximum atomic E-state index is 11.2. The predicted octanol–water partition coefficient (Wildman–Crippen LogP) is 3.74. The molecule has 0 aromatic heterocycles. The Morgan fingerprint density at radius 1 is 1.06 bits per heavy atom. The lowest BCUT2D eigenvalue weighted by atomic mass is 9.99. The van der Waals surface area contributed by atoms with Crippen LogP contribution < -0.4 is 0 Å². The molecule has 1 atom stereocenters. The fourth-order valence-corrected chi connectivity index (χ4v) is 2.50. The van der Waals surface area contributed by atoms with Gasteiger partial charge in [-0.15, -0.1) is 0 Å². The Bertz CT molecular complexity index is 477. The molecule has 18 heavy (non-hydrogen) atoms. The second kappa shape index (κ2) is 6.04. The molecule has 5 heteroatoms. The molecule has 1 rings (SSSR count). The van der Waals surface area contributed by atoms with Gasteiger partial charge in [-0.2, -0.15) is 0 Å². The van der Waals surface area contributed by atoms with E-state index < -0.39 is 9.05 Å². The Morgan fingerprint density at radius 3 is 1.89 bits per heavy atom. The average Bonchev–Trinajstić information content (AvgIpc) is 2.24. The van der Waals surface area contributed by atoms with Crippen LogP contribution in [0.5, 0.6) is 0 Å². The molecule has 0 aliphatic heterocycles. The summed E-state index contributed by atoms with van der Waals surface area (Å²) in [6.45, 7) is 8.10. The molecule has 0 radical (unpaired) electrons. The van der Waals surface area contributed by atoms with Crippen LogP contribution in [-0.2, 0) is 13.8 Å². The molecular weight excluding hydrogens is 272 g/mol. The molecule has 0 fully saturated rings. The van der Waals surface area contributed by atoms with Crippen molar-refractivity contribution in [2.75, 3.05) is 0 Å². The Hall–Kier alpha value is -0.580. The molecule has 0 bridgehead atoms. The average molecular weight is 291 g/mol. The molecule has 0 heterocycles. The summed E-state index contributed by atoms with van der Waals surface area (Å²) in [5.41, 5.74) is 0.961. The lowest BCUT2D eigenvalue weighted by molar-refractivity contribution is -0.0200. The first kappa shape index (κ1) is 15.5. The van der Waals surface area contributed by atoms with Crippen LogP contribution >= 0.6 is 10.7 Å². The lowest BCUT2D eigenvalue weighted by Gasteiger charge is -2.24.